The SMILES string of the molecule is CC1(C)CN(c2cnn(CC(=O)C3CC3)c(=O)c2)CCO1. The third kappa shape index (κ3) is 3.32. The van der Waals surface area contributed by atoms with Gasteiger partial charge >= 0.3 is 0 Å². The second-order valence-electron chi connectivity index (χ2n) is 6.48. The molecular formula is C15H21N3O3. The molecule has 1 saturated heterocycles. The lowest BCUT2D eigenvalue weighted by atomic mass is 10.1. The van der Waals surface area contributed by atoms with Crippen molar-refractivity contribution in [1.29, 1.82) is 0 Å². The van der Waals surface area contributed by atoms with E-state index in [1.165, 1.54) is 4.68 Å². The second kappa shape index (κ2) is 5.26. The van der Waals surface area contributed by atoms with E-state index in [1.54, 1.807) is 12.3 Å². The van der Waals surface area contributed by atoms with Crippen LogP contribution in [0.2, 0.25) is 0 Å². The van der Waals surface area contributed by atoms with Crippen LogP contribution in [0.1, 0.15) is 26.7 Å². The number of Topliss-reactive ketones (excluding diaryl/α,β-unsaturated/α-hetero) is 1. The van der Waals surface area contributed by atoms with Gasteiger partial charge in [-0.15, -0.1) is 0 Å². The van der Waals surface area contributed by atoms with Crippen molar-refractivity contribution in [2.24, 2.45) is 5.92 Å². The molecule has 0 radical (unpaired) electrons. The minimum Gasteiger partial charge on any atom is -0.372 e. The molecule has 1 aliphatic carbocycles. The molecule has 0 aromatic carbocycles. The van der Waals surface area contributed by atoms with E-state index < -0.39 is 0 Å². The molecule has 6 nitrogen and oxygen atoms in total. The number of anilines is 1. The van der Waals surface area contributed by atoms with Crippen LogP contribution in [0, 0.1) is 5.92 Å². The third-order valence-corrected chi connectivity index (χ3v) is 3.98. The number of hydrogen-bond donors (Lipinski definition) is 0. The van der Waals surface area contributed by atoms with E-state index in [0.29, 0.717) is 6.61 Å². The van der Waals surface area contributed by atoms with E-state index in [-0.39, 0.29) is 29.4 Å². The largest absolute Gasteiger partial charge is 0.372 e. The van der Waals surface area contributed by atoms with Crippen LogP contribution >= 0.6 is 0 Å². The summed E-state index contributed by atoms with van der Waals surface area (Å²) in [5.74, 6) is 0.267. The maximum Gasteiger partial charge on any atom is 0.269 e. The predicted octanol–water partition coefficient (Wildman–Crippen LogP) is 0.838. The summed E-state index contributed by atoms with van der Waals surface area (Å²) in [6.07, 6.45) is 3.58. The molecule has 1 saturated carbocycles. The smallest absolute Gasteiger partial charge is 0.269 e. The standard InChI is InChI=1S/C15H21N3O3/c1-15(2)10-17(5-6-21-15)12-7-14(20)18(16-8-12)9-13(19)11-3-4-11/h7-8,11H,3-6,9-10H2,1-2H3. The van der Waals surface area contributed by atoms with Crippen LogP contribution in [0.3, 0.4) is 0 Å². The Balaban J connectivity index is 1.74. The van der Waals surface area contributed by atoms with Gasteiger partial charge in [0.1, 0.15) is 6.54 Å². The molecule has 2 heterocycles. The number of ether oxygens (including phenoxy) is 1. The molecule has 0 spiro atoms. The lowest BCUT2D eigenvalue weighted by molar-refractivity contribution is -0.121. The zero-order valence-electron chi connectivity index (χ0n) is 12.5. The lowest BCUT2D eigenvalue weighted by Crippen LogP contribution is -2.48. The fourth-order valence-electron chi connectivity index (χ4n) is 2.63. The van der Waals surface area contributed by atoms with Crippen LogP contribution < -0.4 is 10.5 Å². The van der Waals surface area contributed by atoms with Crippen LogP contribution in [0.15, 0.2) is 17.1 Å². The molecule has 6 heteroatoms. The van der Waals surface area contributed by atoms with Crippen molar-refractivity contribution in [1.82, 2.24) is 9.78 Å². The van der Waals surface area contributed by atoms with E-state index in [1.807, 2.05) is 13.8 Å². The minimum absolute atomic E-state index is 0.0956. The van der Waals surface area contributed by atoms with E-state index in [0.717, 1.165) is 31.6 Å². The molecule has 0 amide bonds. The lowest BCUT2D eigenvalue weighted by Gasteiger charge is -2.39. The zero-order chi connectivity index (χ0) is 15.0. The molecule has 3 rings (SSSR count). The van der Waals surface area contributed by atoms with Crippen molar-refractivity contribution >= 4 is 11.5 Å². The van der Waals surface area contributed by atoms with Gasteiger partial charge in [0.05, 0.1) is 24.1 Å². The topological polar surface area (TPSA) is 64.4 Å². The number of ketones is 1. The highest BCUT2D eigenvalue weighted by Gasteiger charge is 2.30. The van der Waals surface area contributed by atoms with Crippen molar-refractivity contribution in [2.45, 2.75) is 38.8 Å². The van der Waals surface area contributed by atoms with Crippen molar-refractivity contribution in [3.05, 3.63) is 22.6 Å². The highest BCUT2D eigenvalue weighted by Crippen LogP contribution is 2.30. The Labute approximate surface area is 123 Å². The Kier molecular flexibility index (Phi) is 3.57. The Bertz CT molecular complexity index is 604. The Hall–Kier alpha value is -1.69. The Morgan fingerprint density at radius 1 is 1.48 bits per heavy atom. The highest BCUT2D eigenvalue weighted by atomic mass is 16.5. The average Bonchev–Trinajstić information content (AvgIpc) is 3.24. The molecular weight excluding hydrogens is 270 g/mol. The molecule has 1 aliphatic heterocycles. The Morgan fingerprint density at radius 2 is 2.24 bits per heavy atom. The summed E-state index contributed by atoms with van der Waals surface area (Å²) in [6, 6.07) is 1.56. The average molecular weight is 291 g/mol. The van der Waals surface area contributed by atoms with Gasteiger partial charge in [-0.2, -0.15) is 5.10 Å². The summed E-state index contributed by atoms with van der Waals surface area (Å²) >= 11 is 0. The second-order valence-corrected chi connectivity index (χ2v) is 6.48. The monoisotopic (exact) mass is 291 g/mol. The first-order valence-electron chi connectivity index (χ1n) is 7.43. The number of carbonyl (C=O) groups excluding carboxylic acids is 1. The van der Waals surface area contributed by atoms with Crippen LogP contribution in [0.5, 0.6) is 0 Å². The number of aromatic nitrogens is 2. The van der Waals surface area contributed by atoms with Crippen molar-refractivity contribution in [3.63, 3.8) is 0 Å². The predicted molar refractivity (Wildman–Crippen MR) is 78.5 cm³/mol. The Morgan fingerprint density at radius 3 is 2.86 bits per heavy atom. The summed E-state index contributed by atoms with van der Waals surface area (Å²) in [4.78, 5) is 26.0. The number of morpholine rings is 1. The first kappa shape index (κ1) is 14.3. The number of carbonyl (C=O) groups is 1. The molecule has 21 heavy (non-hydrogen) atoms. The molecule has 0 atom stereocenters. The van der Waals surface area contributed by atoms with Gasteiger partial charge in [-0.3, -0.25) is 9.59 Å². The molecule has 1 aromatic rings. The molecule has 0 unspecified atom stereocenters. The third-order valence-electron chi connectivity index (χ3n) is 3.98. The van der Waals surface area contributed by atoms with E-state index in [2.05, 4.69) is 10.00 Å². The van der Waals surface area contributed by atoms with Crippen LogP contribution in [0.4, 0.5) is 5.69 Å². The van der Waals surface area contributed by atoms with E-state index in [4.69, 9.17) is 4.74 Å². The van der Waals surface area contributed by atoms with Gasteiger partial charge in [0.15, 0.2) is 5.78 Å². The number of hydrogen-bond acceptors (Lipinski definition) is 5. The summed E-state index contributed by atoms with van der Waals surface area (Å²) in [7, 11) is 0. The molecule has 2 aliphatic rings. The van der Waals surface area contributed by atoms with Gasteiger partial charge in [0.2, 0.25) is 0 Å². The summed E-state index contributed by atoms with van der Waals surface area (Å²) in [5.41, 5.74) is 0.354. The number of nitrogens with zero attached hydrogens (tertiary/aromatic N) is 3. The minimum atomic E-state index is -0.227. The normalized spacial score (nSPS) is 21.3. The fraction of sp³-hybridized carbons (Fsp3) is 0.667. The van der Waals surface area contributed by atoms with Gasteiger partial charge < -0.3 is 9.64 Å². The molecule has 2 fully saturated rings. The summed E-state index contributed by atoms with van der Waals surface area (Å²) < 4.78 is 6.93. The van der Waals surface area contributed by atoms with Crippen molar-refractivity contribution in [2.75, 3.05) is 24.6 Å². The van der Waals surface area contributed by atoms with Gasteiger partial charge in [-0.25, -0.2) is 4.68 Å². The maximum atomic E-state index is 12.1. The molecule has 0 N–H and O–H groups in total. The van der Waals surface area contributed by atoms with Crippen LogP contribution in [0.25, 0.3) is 0 Å². The van der Waals surface area contributed by atoms with Gasteiger partial charge in [0, 0.05) is 25.1 Å². The van der Waals surface area contributed by atoms with Crippen LogP contribution in [-0.2, 0) is 16.1 Å². The summed E-state index contributed by atoms with van der Waals surface area (Å²) in [5, 5.41) is 4.15. The summed E-state index contributed by atoms with van der Waals surface area (Å²) in [6.45, 7) is 6.26. The molecule has 114 valence electrons. The first-order valence-corrected chi connectivity index (χ1v) is 7.43. The zero-order valence-corrected chi connectivity index (χ0v) is 12.5. The maximum absolute atomic E-state index is 12.1. The highest BCUT2D eigenvalue weighted by molar-refractivity contribution is 5.82. The molecule has 0 bridgehead atoms. The van der Waals surface area contributed by atoms with Crippen LogP contribution in [-0.4, -0.2) is 40.9 Å². The van der Waals surface area contributed by atoms with Gasteiger partial charge in [-0.05, 0) is 26.7 Å². The molecule has 1 aromatic heterocycles. The van der Waals surface area contributed by atoms with Crippen molar-refractivity contribution in [3.8, 4) is 0 Å². The first-order chi connectivity index (χ1) is 9.94. The van der Waals surface area contributed by atoms with Gasteiger partial charge in [0.25, 0.3) is 5.56 Å². The van der Waals surface area contributed by atoms with Crippen molar-refractivity contribution < 1.29 is 9.53 Å². The van der Waals surface area contributed by atoms with E-state index >= 15 is 0 Å². The number of rotatable bonds is 4. The quantitative estimate of drug-likeness (QED) is 0.822. The van der Waals surface area contributed by atoms with E-state index in [9.17, 15) is 9.59 Å². The van der Waals surface area contributed by atoms with Gasteiger partial charge in [-0.1, -0.05) is 0 Å². The fourth-order valence-corrected chi connectivity index (χ4v) is 2.63.